The topological polar surface area (TPSA) is 72.0 Å². The van der Waals surface area contributed by atoms with Crippen LogP contribution < -0.4 is 5.32 Å². The molecule has 0 unspecified atom stereocenters. The van der Waals surface area contributed by atoms with Gasteiger partial charge in [0.25, 0.3) is 0 Å². The van der Waals surface area contributed by atoms with Crippen molar-refractivity contribution in [2.45, 2.75) is 18.4 Å². The number of hydrogen-bond acceptors (Lipinski definition) is 5. The van der Waals surface area contributed by atoms with Crippen molar-refractivity contribution in [1.29, 1.82) is 0 Å². The van der Waals surface area contributed by atoms with Crippen molar-refractivity contribution < 1.29 is 8.42 Å². The Balaban J connectivity index is 2.18. The molecule has 0 atom stereocenters. The molecular formula is C13H15N3O2S. The summed E-state index contributed by atoms with van der Waals surface area (Å²) in [4.78, 5) is 8.64. The molecule has 0 aliphatic rings. The highest BCUT2D eigenvalue weighted by Crippen LogP contribution is 2.20. The van der Waals surface area contributed by atoms with Gasteiger partial charge >= 0.3 is 0 Å². The Morgan fingerprint density at radius 3 is 2.53 bits per heavy atom. The summed E-state index contributed by atoms with van der Waals surface area (Å²) in [6.07, 6.45) is 4.55. The summed E-state index contributed by atoms with van der Waals surface area (Å²) < 4.78 is 23.3. The predicted octanol–water partition coefficient (Wildman–Crippen LogP) is 1.80. The molecule has 0 radical (unpaired) electrons. The number of para-hydroxylation sites is 1. The van der Waals surface area contributed by atoms with E-state index in [0.29, 0.717) is 12.2 Å². The van der Waals surface area contributed by atoms with Gasteiger partial charge in [-0.3, -0.25) is 9.97 Å². The molecule has 6 heteroatoms. The first-order valence-corrected chi connectivity index (χ1v) is 7.66. The summed E-state index contributed by atoms with van der Waals surface area (Å²) in [7, 11) is -3.24. The average molecular weight is 277 g/mol. The van der Waals surface area contributed by atoms with Crippen LogP contribution in [-0.4, -0.2) is 24.6 Å². The fourth-order valence-corrected chi connectivity index (χ4v) is 2.50. The Labute approximate surface area is 112 Å². The van der Waals surface area contributed by atoms with Gasteiger partial charge in [0.05, 0.1) is 34.7 Å². The van der Waals surface area contributed by atoms with E-state index in [2.05, 4.69) is 15.3 Å². The average Bonchev–Trinajstić information content (AvgIpc) is 2.37. The molecule has 0 fully saturated rings. The van der Waals surface area contributed by atoms with Crippen LogP contribution in [0.4, 0.5) is 5.69 Å². The number of aromatic nitrogens is 2. The van der Waals surface area contributed by atoms with Crippen LogP contribution in [-0.2, 0) is 16.4 Å². The van der Waals surface area contributed by atoms with E-state index in [-0.39, 0.29) is 4.90 Å². The Morgan fingerprint density at radius 2 is 1.89 bits per heavy atom. The van der Waals surface area contributed by atoms with Crippen LogP contribution in [0.15, 0.2) is 41.6 Å². The summed E-state index contributed by atoms with van der Waals surface area (Å²) in [6.45, 7) is 2.29. The Hall–Kier alpha value is -1.95. The van der Waals surface area contributed by atoms with Gasteiger partial charge in [-0.25, -0.2) is 8.42 Å². The summed E-state index contributed by atoms with van der Waals surface area (Å²) in [6, 6.07) is 6.81. The van der Waals surface area contributed by atoms with Crippen molar-refractivity contribution in [3.8, 4) is 0 Å². The second-order valence-electron chi connectivity index (χ2n) is 4.27. The van der Waals surface area contributed by atoms with Crippen molar-refractivity contribution in [3.63, 3.8) is 0 Å². The van der Waals surface area contributed by atoms with Crippen LogP contribution >= 0.6 is 0 Å². The van der Waals surface area contributed by atoms with E-state index in [1.54, 1.807) is 36.7 Å². The predicted molar refractivity (Wildman–Crippen MR) is 73.6 cm³/mol. The molecule has 2 aromatic rings. The lowest BCUT2D eigenvalue weighted by Crippen LogP contribution is -2.07. The zero-order chi connectivity index (χ0) is 13.9. The first kappa shape index (κ1) is 13.5. The van der Waals surface area contributed by atoms with Gasteiger partial charge in [-0.1, -0.05) is 12.1 Å². The molecule has 0 bridgehead atoms. The first-order valence-electron chi connectivity index (χ1n) is 5.77. The molecule has 0 amide bonds. The molecule has 0 aliphatic heterocycles. The van der Waals surface area contributed by atoms with Gasteiger partial charge in [-0.15, -0.1) is 0 Å². The summed E-state index contributed by atoms with van der Waals surface area (Å²) >= 11 is 0. The zero-order valence-electron chi connectivity index (χ0n) is 10.8. The highest BCUT2D eigenvalue weighted by molar-refractivity contribution is 7.90. The standard InChI is InChI=1S/C13H15N3O2S/c1-10-7-15-11(8-14-10)9-16-12-5-3-4-6-13(12)19(2,17)18/h3-8,16H,9H2,1-2H3. The molecule has 19 heavy (non-hydrogen) atoms. The highest BCUT2D eigenvalue weighted by atomic mass is 32.2. The minimum absolute atomic E-state index is 0.287. The van der Waals surface area contributed by atoms with Crippen LogP contribution in [0.2, 0.25) is 0 Å². The van der Waals surface area contributed by atoms with Crippen molar-refractivity contribution in [2.75, 3.05) is 11.6 Å². The van der Waals surface area contributed by atoms with Crippen LogP contribution in [0.3, 0.4) is 0 Å². The van der Waals surface area contributed by atoms with E-state index in [0.717, 1.165) is 11.4 Å². The maximum Gasteiger partial charge on any atom is 0.177 e. The number of nitrogens with zero attached hydrogens (tertiary/aromatic N) is 2. The molecule has 1 aromatic carbocycles. The van der Waals surface area contributed by atoms with E-state index >= 15 is 0 Å². The number of aryl methyl sites for hydroxylation is 1. The number of sulfone groups is 1. The third-order valence-electron chi connectivity index (χ3n) is 2.58. The summed E-state index contributed by atoms with van der Waals surface area (Å²) in [5, 5.41) is 3.07. The number of rotatable bonds is 4. The summed E-state index contributed by atoms with van der Waals surface area (Å²) in [5.41, 5.74) is 2.18. The fourth-order valence-electron chi connectivity index (χ4n) is 1.63. The maximum absolute atomic E-state index is 11.6. The molecule has 1 heterocycles. The van der Waals surface area contributed by atoms with Crippen molar-refractivity contribution in [1.82, 2.24) is 9.97 Å². The maximum atomic E-state index is 11.6. The monoisotopic (exact) mass is 277 g/mol. The number of nitrogens with one attached hydrogen (secondary N) is 1. The second kappa shape index (κ2) is 5.36. The molecule has 2 rings (SSSR count). The fraction of sp³-hybridized carbons (Fsp3) is 0.231. The highest BCUT2D eigenvalue weighted by Gasteiger charge is 2.12. The lowest BCUT2D eigenvalue weighted by atomic mass is 10.3. The second-order valence-corrected chi connectivity index (χ2v) is 6.26. The zero-order valence-corrected chi connectivity index (χ0v) is 11.6. The number of hydrogen-bond donors (Lipinski definition) is 1. The van der Waals surface area contributed by atoms with Crippen molar-refractivity contribution in [2.24, 2.45) is 0 Å². The molecule has 0 aliphatic carbocycles. The van der Waals surface area contributed by atoms with E-state index in [4.69, 9.17) is 0 Å². The SMILES string of the molecule is Cc1cnc(CNc2ccccc2S(C)(=O)=O)cn1. The van der Waals surface area contributed by atoms with Gasteiger partial charge in [0.15, 0.2) is 9.84 Å². The van der Waals surface area contributed by atoms with Crippen molar-refractivity contribution >= 4 is 15.5 Å². The summed E-state index contributed by atoms with van der Waals surface area (Å²) in [5.74, 6) is 0. The normalized spacial score (nSPS) is 11.3. The van der Waals surface area contributed by atoms with Gasteiger partial charge in [-0.05, 0) is 19.1 Å². The Morgan fingerprint density at radius 1 is 1.16 bits per heavy atom. The molecular weight excluding hydrogens is 262 g/mol. The van der Waals surface area contributed by atoms with Gasteiger partial charge in [0.1, 0.15) is 0 Å². The molecule has 1 N–H and O–H groups in total. The lowest BCUT2D eigenvalue weighted by Gasteiger charge is -2.10. The number of benzene rings is 1. The van der Waals surface area contributed by atoms with Crippen LogP contribution in [0.5, 0.6) is 0 Å². The first-order chi connectivity index (χ1) is 8.97. The van der Waals surface area contributed by atoms with Gasteiger partial charge in [0.2, 0.25) is 0 Å². The molecule has 0 spiro atoms. The van der Waals surface area contributed by atoms with Crippen LogP contribution in [0.25, 0.3) is 0 Å². The molecule has 0 saturated heterocycles. The van der Waals surface area contributed by atoms with Gasteiger partial charge in [0, 0.05) is 12.5 Å². The molecule has 5 nitrogen and oxygen atoms in total. The van der Waals surface area contributed by atoms with E-state index < -0.39 is 9.84 Å². The smallest absolute Gasteiger partial charge is 0.177 e. The van der Waals surface area contributed by atoms with E-state index in [9.17, 15) is 8.42 Å². The van der Waals surface area contributed by atoms with Crippen molar-refractivity contribution in [3.05, 3.63) is 48.0 Å². The molecule has 1 aromatic heterocycles. The third-order valence-corrected chi connectivity index (χ3v) is 3.74. The quantitative estimate of drug-likeness (QED) is 0.922. The minimum atomic E-state index is -3.24. The van der Waals surface area contributed by atoms with E-state index in [1.165, 1.54) is 6.26 Å². The number of anilines is 1. The van der Waals surface area contributed by atoms with Crippen LogP contribution in [0, 0.1) is 6.92 Å². The van der Waals surface area contributed by atoms with Crippen LogP contribution in [0.1, 0.15) is 11.4 Å². The molecule has 100 valence electrons. The Kier molecular flexibility index (Phi) is 3.80. The van der Waals surface area contributed by atoms with Gasteiger partial charge in [-0.2, -0.15) is 0 Å². The largest absolute Gasteiger partial charge is 0.378 e. The third kappa shape index (κ3) is 3.51. The van der Waals surface area contributed by atoms with E-state index in [1.807, 2.05) is 6.92 Å². The minimum Gasteiger partial charge on any atom is -0.378 e. The van der Waals surface area contributed by atoms with Gasteiger partial charge < -0.3 is 5.32 Å². The Bertz CT molecular complexity index is 667. The molecule has 0 saturated carbocycles. The lowest BCUT2D eigenvalue weighted by molar-refractivity contribution is 0.602.